The van der Waals surface area contributed by atoms with E-state index in [4.69, 9.17) is 4.74 Å². The first-order valence-electron chi connectivity index (χ1n) is 9.46. The molecule has 0 aliphatic carbocycles. The molecule has 1 atom stereocenters. The maximum absolute atomic E-state index is 12.7. The van der Waals surface area contributed by atoms with Crippen LogP contribution in [0.4, 0.5) is 5.69 Å². The van der Waals surface area contributed by atoms with Crippen LogP contribution in [0.15, 0.2) is 48.5 Å². The third kappa shape index (κ3) is 6.13. The van der Waals surface area contributed by atoms with Crippen LogP contribution < -0.4 is 15.4 Å². The molecule has 2 aromatic carbocycles. The summed E-state index contributed by atoms with van der Waals surface area (Å²) in [5, 5.41) is 5.72. The second-order valence-electron chi connectivity index (χ2n) is 6.48. The van der Waals surface area contributed by atoms with E-state index < -0.39 is 6.10 Å². The van der Waals surface area contributed by atoms with Crippen molar-refractivity contribution < 1.29 is 14.3 Å². The van der Waals surface area contributed by atoms with E-state index in [0.717, 1.165) is 18.4 Å². The van der Waals surface area contributed by atoms with Crippen LogP contribution in [-0.4, -0.2) is 24.5 Å². The molecule has 27 heavy (non-hydrogen) atoms. The molecule has 1 unspecified atom stereocenters. The maximum atomic E-state index is 12.7. The van der Waals surface area contributed by atoms with Crippen LogP contribution in [-0.2, 0) is 4.79 Å². The summed E-state index contributed by atoms with van der Waals surface area (Å²) in [7, 11) is 0. The molecule has 0 saturated heterocycles. The standard InChI is InChI=1S/C22H28N2O3/c1-4-6-14-23-21(25)18-12-7-8-13-19(18)24-22(26)20(5-2)27-17-11-9-10-16(3)15-17/h7-13,15,20H,4-6,14H2,1-3H3,(H,23,25)(H,24,26). The highest BCUT2D eigenvalue weighted by molar-refractivity contribution is 6.04. The summed E-state index contributed by atoms with van der Waals surface area (Å²) in [6, 6.07) is 14.6. The van der Waals surface area contributed by atoms with E-state index in [9.17, 15) is 9.59 Å². The second kappa shape index (κ2) is 10.4. The van der Waals surface area contributed by atoms with Crippen molar-refractivity contribution in [1.29, 1.82) is 0 Å². The third-order valence-electron chi connectivity index (χ3n) is 4.18. The number of amides is 2. The summed E-state index contributed by atoms with van der Waals surface area (Å²) in [6.45, 7) is 6.55. The number of ether oxygens (including phenoxy) is 1. The summed E-state index contributed by atoms with van der Waals surface area (Å²) in [4.78, 5) is 25.1. The minimum atomic E-state index is -0.636. The third-order valence-corrected chi connectivity index (χ3v) is 4.18. The molecule has 0 saturated carbocycles. The van der Waals surface area contributed by atoms with E-state index in [1.165, 1.54) is 0 Å². The molecular formula is C22H28N2O3. The SMILES string of the molecule is CCCCNC(=O)c1ccccc1NC(=O)C(CC)Oc1cccc(C)c1. The van der Waals surface area contributed by atoms with Crippen molar-refractivity contribution in [2.45, 2.75) is 46.1 Å². The zero-order valence-electron chi connectivity index (χ0n) is 16.2. The van der Waals surface area contributed by atoms with Crippen molar-refractivity contribution in [2.75, 3.05) is 11.9 Å². The van der Waals surface area contributed by atoms with Crippen LogP contribution in [0.2, 0.25) is 0 Å². The van der Waals surface area contributed by atoms with E-state index in [-0.39, 0.29) is 11.8 Å². The van der Waals surface area contributed by atoms with Gasteiger partial charge in [0.2, 0.25) is 0 Å². The van der Waals surface area contributed by atoms with Crippen LogP contribution in [0.3, 0.4) is 0 Å². The van der Waals surface area contributed by atoms with Gasteiger partial charge in [0.05, 0.1) is 11.3 Å². The quantitative estimate of drug-likeness (QED) is 0.648. The van der Waals surface area contributed by atoms with Gasteiger partial charge in [0, 0.05) is 6.54 Å². The highest BCUT2D eigenvalue weighted by atomic mass is 16.5. The molecule has 2 aromatic rings. The minimum absolute atomic E-state index is 0.188. The number of para-hydroxylation sites is 1. The average molecular weight is 368 g/mol. The molecule has 5 nitrogen and oxygen atoms in total. The van der Waals surface area contributed by atoms with Crippen LogP contribution in [0.5, 0.6) is 5.75 Å². The molecule has 0 radical (unpaired) electrons. The number of aryl methyl sites for hydroxylation is 1. The fraction of sp³-hybridized carbons (Fsp3) is 0.364. The van der Waals surface area contributed by atoms with Gasteiger partial charge in [0.25, 0.3) is 11.8 Å². The van der Waals surface area contributed by atoms with E-state index in [1.54, 1.807) is 24.3 Å². The summed E-state index contributed by atoms with van der Waals surface area (Å²) in [5.41, 5.74) is 2.01. The summed E-state index contributed by atoms with van der Waals surface area (Å²) < 4.78 is 5.85. The number of rotatable bonds is 9. The Labute approximate surface area is 161 Å². The highest BCUT2D eigenvalue weighted by Crippen LogP contribution is 2.19. The van der Waals surface area contributed by atoms with Crippen molar-refractivity contribution in [3.8, 4) is 5.75 Å². The Morgan fingerprint density at radius 2 is 1.85 bits per heavy atom. The van der Waals surface area contributed by atoms with Gasteiger partial charge in [-0.2, -0.15) is 0 Å². The first-order chi connectivity index (χ1) is 13.0. The van der Waals surface area contributed by atoms with Gasteiger partial charge in [0.15, 0.2) is 6.10 Å². The molecule has 0 bridgehead atoms. The van der Waals surface area contributed by atoms with Crippen LogP contribution in [0, 0.1) is 6.92 Å². The van der Waals surface area contributed by atoms with Gasteiger partial charge >= 0.3 is 0 Å². The van der Waals surface area contributed by atoms with E-state index in [2.05, 4.69) is 17.6 Å². The molecule has 144 valence electrons. The number of carbonyl (C=O) groups is 2. The Balaban J connectivity index is 2.08. The zero-order chi connectivity index (χ0) is 19.6. The first-order valence-corrected chi connectivity index (χ1v) is 9.46. The molecule has 0 aromatic heterocycles. The van der Waals surface area contributed by atoms with Crippen LogP contribution in [0.25, 0.3) is 0 Å². The molecule has 0 fully saturated rings. The minimum Gasteiger partial charge on any atom is -0.481 e. The van der Waals surface area contributed by atoms with E-state index >= 15 is 0 Å². The lowest BCUT2D eigenvalue weighted by atomic mass is 10.1. The summed E-state index contributed by atoms with van der Waals surface area (Å²) in [6.07, 6.45) is 1.81. The molecule has 0 heterocycles. The molecular weight excluding hydrogens is 340 g/mol. The van der Waals surface area contributed by atoms with Gasteiger partial charge in [0.1, 0.15) is 5.75 Å². The van der Waals surface area contributed by atoms with E-state index in [1.807, 2.05) is 38.1 Å². The fourth-order valence-electron chi connectivity index (χ4n) is 2.65. The Morgan fingerprint density at radius 3 is 2.56 bits per heavy atom. The number of hydrogen-bond acceptors (Lipinski definition) is 3. The zero-order valence-corrected chi connectivity index (χ0v) is 16.2. The molecule has 0 aliphatic rings. The van der Waals surface area contributed by atoms with Crippen molar-refractivity contribution in [1.82, 2.24) is 5.32 Å². The van der Waals surface area contributed by atoms with Gasteiger partial charge in [-0.1, -0.05) is 44.5 Å². The fourth-order valence-corrected chi connectivity index (χ4v) is 2.65. The monoisotopic (exact) mass is 368 g/mol. The van der Waals surface area contributed by atoms with Crippen molar-refractivity contribution in [2.24, 2.45) is 0 Å². The first kappa shape index (κ1) is 20.5. The van der Waals surface area contributed by atoms with Crippen molar-refractivity contribution in [3.05, 3.63) is 59.7 Å². The Morgan fingerprint density at radius 1 is 1.07 bits per heavy atom. The molecule has 2 amide bonds. The molecule has 2 rings (SSSR count). The number of hydrogen-bond donors (Lipinski definition) is 2. The number of carbonyl (C=O) groups excluding carboxylic acids is 2. The van der Waals surface area contributed by atoms with Crippen LogP contribution >= 0.6 is 0 Å². The second-order valence-corrected chi connectivity index (χ2v) is 6.48. The lowest BCUT2D eigenvalue weighted by Crippen LogP contribution is -2.33. The highest BCUT2D eigenvalue weighted by Gasteiger charge is 2.21. The topological polar surface area (TPSA) is 67.4 Å². The van der Waals surface area contributed by atoms with Gasteiger partial charge < -0.3 is 15.4 Å². The van der Waals surface area contributed by atoms with Crippen molar-refractivity contribution in [3.63, 3.8) is 0 Å². The number of nitrogens with one attached hydrogen (secondary N) is 2. The predicted octanol–water partition coefficient (Wildman–Crippen LogP) is 4.32. The maximum Gasteiger partial charge on any atom is 0.265 e. The molecule has 0 spiro atoms. The number of benzene rings is 2. The van der Waals surface area contributed by atoms with Gasteiger partial charge in [-0.05, 0) is 49.6 Å². The normalized spacial score (nSPS) is 11.5. The van der Waals surface area contributed by atoms with Crippen molar-refractivity contribution >= 4 is 17.5 Å². The lowest BCUT2D eigenvalue weighted by molar-refractivity contribution is -0.122. The number of unbranched alkanes of at least 4 members (excludes halogenated alkanes) is 1. The Kier molecular flexibility index (Phi) is 7.86. The van der Waals surface area contributed by atoms with Crippen LogP contribution in [0.1, 0.15) is 49.0 Å². The molecule has 5 heteroatoms. The van der Waals surface area contributed by atoms with Gasteiger partial charge in [-0.3, -0.25) is 9.59 Å². The molecule has 2 N–H and O–H groups in total. The van der Waals surface area contributed by atoms with Gasteiger partial charge in [-0.25, -0.2) is 0 Å². The smallest absolute Gasteiger partial charge is 0.265 e. The van der Waals surface area contributed by atoms with E-state index in [0.29, 0.717) is 30.0 Å². The summed E-state index contributed by atoms with van der Waals surface area (Å²) >= 11 is 0. The largest absolute Gasteiger partial charge is 0.481 e. The summed E-state index contributed by atoms with van der Waals surface area (Å²) in [5.74, 6) is 0.197. The Bertz CT molecular complexity index is 774. The lowest BCUT2D eigenvalue weighted by Gasteiger charge is -2.18. The number of anilines is 1. The van der Waals surface area contributed by atoms with Gasteiger partial charge in [-0.15, -0.1) is 0 Å². The predicted molar refractivity (Wildman–Crippen MR) is 108 cm³/mol. The molecule has 0 aliphatic heterocycles. The average Bonchev–Trinajstić information content (AvgIpc) is 2.66. The Hall–Kier alpha value is -2.82.